The first-order valence-corrected chi connectivity index (χ1v) is 8.15. The molecule has 0 spiro atoms. The molecule has 2 aromatic heterocycles. The van der Waals surface area contributed by atoms with Crippen molar-refractivity contribution in [1.82, 2.24) is 10.3 Å². The summed E-state index contributed by atoms with van der Waals surface area (Å²) >= 11 is 1.78. The van der Waals surface area contributed by atoms with Gasteiger partial charge in [0.15, 0.2) is 0 Å². The molecule has 0 aliphatic rings. The van der Waals surface area contributed by atoms with Crippen LogP contribution in [0.3, 0.4) is 0 Å². The second-order valence-electron chi connectivity index (χ2n) is 5.51. The van der Waals surface area contributed by atoms with E-state index in [0.717, 1.165) is 18.0 Å². The number of rotatable bonds is 7. The van der Waals surface area contributed by atoms with Gasteiger partial charge in [-0.3, -0.25) is 4.98 Å². The number of thiophene rings is 1. The molecule has 2 rings (SSSR count). The molecule has 0 amide bonds. The third-order valence-corrected chi connectivity index (χ3v) is 4.30. The van der Waals surface area contributed by atoms with E-state index in [1.54, 1.807) is 11.3 Å². The van der Waals surface area contributed by atoms with Crippen molar-refractivity contribution in [2.24, 2.45) is 5.92 Å². The average Bonchev–Trinajstić information content (AvgIpc) is 2.84. The van der Waals surface area contributed by atoms with E-state index in [-0.39, 0.29) is 0 Å². The van der Waals surface area contributed by atoms with Crippen LogP contribution in [-0.4, -0.2) is 11.5 Å². The van der Waals surface area contributed by atoms with Crippen LogP contribution >= 0.6 is 11.3 Å². The zero-order chi connectivity index (χ0) is 13.7. The molecule has 0 aliphatic heterocycles. The highest BCUT2D eigenvalue weighted by molar-refractivity contribution is 7.17. The summed E-state index contributed by atoms with van der Waals surface area (Å²) in [6.45, 7) is 7.77. The fourth-order valence-electron chi connectivity index (χ4n) is 2.42. The van der Waals surface area contributed by atoms with E-state index in [1.807, 2.05) is 6.20 Å². The Morgan fingerprint density at radius 3 is 2.89 bits per heavy atom. The molecule has 0 bridgehead atoms. The summed E-state index contributed by atoms with van der Waals surface area (Å²) in [5.41, 5.74) is 2.45. The maximum atomic E-state index is 4.56. The van der Waals surface area contributed by atoms with Gasteiger partial charge in [-0.25, -0.2) is 0 Å². The summed E-state index contributed by atoms with van der Waals surface area (Å²) in [6.07, 6.45) is 5.82. The minimum Gasteiger partial charge on any atom is -0.310 e. The highest BCUT2D eigenvalue weighted by Crippen LogP contribution is 2.25. The van der Waals surface area contributed by atoms with Gasteiger partial charge in [-0.1, -0.05) is 33.6 Å². The Kier molecular flexibility index (Phi) is 5.34. The SMILES string of the molecule is CCNC(CCCC(C)C)c1cnc2ccsc2c1. The molecule has 0 saturated heterocycles. The number of nitrogens with zero attached hydrogens (tertiary/aromatic N) is 1. The van der Waals surface area contributed by atoms with Crippen molar-refractivity contribution in [3.63, 3.8) is 0 Å². The maximum Gasteiger partial charge on any atom is 0.0809 e. The molecular formula is C16H24N2S. The highest BCUT2D eigenvalue weighted by Gasteiger charge is 2.12. The molecule has 2 nitrogen and oxygen atoms in total. The second kappa shape index (κ2) is 7.01. The third kappa shape index (κ3) is 4.02. The quantitative estimate of drug-likeness (QED) is 0.787. The van der Waals surface area contributed by atoms with Crippen molar-refractivity contribution in [1.29, 1.82) is 0 Å². The smallest absolute Gasteiger partial charge is 0.0809 e. The first-order chi connectivity index (χ1) is 9.20. The second-order valence-corrected chi connectivity index (χ2v) is 6.46. The van der Waals surface area contributed by atoms with Crippen molar-refractivity contribution < 1.29 is 0 Å². The lowest BCUT2D eigenvalue weighted by molar-refractivity contribution is 0.455. The van der Waals surface area contributed by atoms with Crippen LogP contribution in [0.1, 0.15) is 51.6 Å². The molecule has 104 valence electrons. The van der Waals surface area contributed by atoms with Crippen molar-refractivity contribution in [3.8, 4) is 0 Å². The van der Waals surface area contributed by atoms with Crippen molar-refractivity contribution in [2.45, 2.75) is 46.1 Å². The predicted molar refractivity (Wildman–Crippen MR) is 84.7 cm³/mol. The molecule has 0 saturated carbocycles. The Labute approximate surface area is 120 Å². The van der Waals surface area contributed by atoms with E-state index in [1.165, 1.54) is 29.5 Å². The summed E-state index contributed by atoms with van der Waals surface area (Å²) in [7, 11) is 0. The molecule has 0 fully saturated rings. The van der Waals surface area contributed by atoms with Gasteiger partial charge >= 0.3 is 0 Å². The topological polar surface area (TPSA) is 24.9 Å². The first-order valence-electron chi connectivity index (χ1n) is 7.27. The van der Waals surface area contributed by atoms with Crippen molar-refractivity contribution in [3.05, 3.63) is 29.3 Å². The van der Waals surface area contributed by atoms with Gasteiger partial charge in [0.2, 0.25) is 0 Å². The molecular weight excluding hydrogens is 252 g/mol. The van der Waals surface area contributed by atoms with Crippen LogP contribution in [0.25, 0.3) is 10.2 Å². The average molecular weight is 276 g/mol. The number of hydrogen-bond donors (Lipinski definition) is 1. The first kappa shape index (κ1) is 14.5. The Bertz CT molecular complexity index is 504. The zero-order valence-corrected chi connectivity index (χ0v) is 13.0. The van der Waals surface area contributed by atoms with Gasteiger partial charge in [0.25, 0.3) is 0 Å². The molecule has 1 atom stereocenters. The number of aromatic nitrogens is 1. The molecule has 0 aliphatic carbocycles. The molecule has 2 aromatic rings. The Morgan fingerprint density at radius 2 is 2.16 bits per heavy atom. The van der Waals surface area contributed by atoms with Crippen LogP contribution < -0.4 is 5.32 Å². The van der Waals surface area contributed by atoms with Crippen LogP contribution in [-0.2, 0) is 0 Å². The van der Waals surface area contributed by atoms with Crippen molar-refractivity contribution in [2.75, 3.05) is 6.54 Å². The van der Waals surface area contributed by atoms with Crippen LogP contribution in [0.15, 0.2) is 23.7 Å². The predicted octanol–water partition coefficient (Wildman–Crippen LogP) is 4.77. The molecule has 1 N–H and O–H groups in total. The van der Waals surface area contributed by atoms with E-state index in [9.17, 15) is 0 Å². The normalized spacial score (nSPS) is 13.3. The number of pyridine rings is 1. The van der Waals surface area contributed by atoms with Gasteiger partial charge in [0.05, 0.1) is 10.2 Å². The largest absolute Gasteiger partial charge is 0.310 e. The Balaban J connectivity index is 2.08. The minimum atomic E-state index is 0.447. The fourth-order valence-corrected chi connectivity index (χ4v) is 3.20. The van der Waals surface area contributed by atoms with E-state index >= 15 is 0 Å². The van der Waals surface area contributed by atoms with E-state index in [4.69, 9.17) is 0 Å². The summed E-state index contributed by atoms with van der Waals surface area (Å²) in [6, 6.07) is 4.84. The molecule has 2 heterocycles. The zero-order valence-electron chi connectivity index (χ0n) is 12.1. The van der Waals surface area contributed by atoms with Gasteiger partial charge in [-0.15, -0.1) is 11.3 Å². The molecule has 3 heteroatoms. The Morgan fingerprint density at radius 1 is 1.32 bits per heavy atom. The Hall–Kier alpha value is -0.930. The lowest BCUT2D eigenvalue weighted by Crippen LogP contribution is -2.21. The minimum absolute atomic E-state index is 0.447. The summed E-state index contributed by atoms with van der Waals surface area (Å²) in [5.74, 6) is 0.792. The van der Waals surface area contributed by atoms with Gasteiger partial charge in [-0.05, 0) is 42.0 Å². The number of nitrogens with one attached hydrogen (secondary N) is 1. The summed E-state index contributed by atoms with van der Waals surface area (Å²) < 4.78 is 1.30. The van der Waals surface area contributed by atoms with Crippen LogP contribution in [0.5, 0.6) is 0 Å². The lowest BCUT2D eigenvalue weighted by Gasteiger charge is -2.18. The fraction of sp³-hybridized carbons (Fsp3) is 0.562. The standard InChI is InChI=1S/C16H24N2S/c1-4-17-14(7-5-6-12(2)3)13-10-16-15(18-11-13)8-9-19-16/h8-12,14,17H,4-7H2,1-3H3. The maximum absolute atomic E-state index is 4.56. The number of fused-ring (bicyclic) bond motifs is 1. The number of hydrogen-bond acceptors (Lipinski definition) is 3. The molecule has 0 radical (unpaired) electrons. The van der Waals surface area contributed by atoms with E-state index in [0.29, 0.717) is 6.04 Å². The van der Waals surface area contributed by atoms with Gasteiger partial charge in [0, 0.05) is 12.2 Å². The summed E-state index contributed by atoms with van der Waals surface area (Å²) in [5, 5.41) is 5.71. The van der Waals surface area contributed by atoms with Crippen LogP contribution in [0.2, 0.25) is 0 Å². The molecule has 19 heavy (non-hydrogen) atoms. The third-order valence-electron chi connectivity index (χ3n) is 3.45. The monoisotopic (exact) mass is 276 g/mol. The van der Waals surface area contributed by atoms with Gasteiger partial charge in [0.1, 0.15) is 0 Å². The van der Waals surface area contributed by atoms with E-state index < -0.39 is 0 Å². The molecule has 1 unspecified atom stereocenters. The van der Waals surface area contributed by atoms with Gasteiger partial charge in [-0.2, -0.15) is 0 Å². The van der Waals surface area contributed by atoms with Crippen LogP contribution in [0, 0.1) is 5.92 Å². The summed E-state index contributed by atoms with van der Waals surface area (Å²) in [4.78, 5) is 4.56. The lowest BCUT2D eigenvalue weighted by atomic mass is 9.99. The van der Waals surface area contributed by atoms with E-state index in [2.05, 4.69) is 48.6 Å². The highest BCUT2D eigenvalue weighted by atomic mass is 32.1. The van der Waals surface area contributed by atoms with Crippen molar-refractivity contribution >= 4 is 21.6 Å². The van der Waals surface area contributed by atoms with Gasteiger partial charge < -0.3 is 5.32 Å². The molecule has 0 aromatic carbocycles. The van der Waals surface area contributed by atoms with Crippen LogP contribution in [0.4, 0.5) is 0 Å².